The Morgan fingerprint density at radius 3 is 1.59 bits per heavy atom. The summed E-state index contributed by atoms with van der Waals surface area (Å²) < 4.78 is 4.70. The van der Waals surface area contributed by atoms with E-state index in [-0.39, 0.29) is 29.9 Å². The number of rotatable bonds is 6. The van der Waals surface area contributed by atoms with E-state index in [1.807, 2.05) is 24.3 Å². The number of amides is 1. The summed E-state index contributed by atoms with van der Waals surface area (Å²) in [6.07, 6.45) is 12.5. The molecule has 1 atom stereocenters. The largest absolute Gasteiger partial charge is 0.478 e. The molecule has 51 heavy (non-hydrogen) atoms. The Labute approximate surface area is 302 Å². The van der Waals surface area contributed by atoms with Crippen LogP contribution in [0.2, 0.25) is 0 Å². The molecule has 2 N–H and O–H groups in total. The second-order valence-electron chi connectivity index (χ2n) is 17.1. The Kier molecular flexibility index (Phi) is 10.9. The molecule has 2 saturated carbocycles. The summed E-state index contributed by atoms with van der Waals surface area (Å²) in [5.74, 6) is 2.42. The van der Waals surface area contributed by atoms with E-state index in [1.165, 1.54) is 69.3 Å². The number of nitrogens with zero attached hydrogens (tertiary/aromatic N) is 5. The molecule has 0 radical (unpaired) electrons. The van der Waals surface area contributed by atoms with Crippen LogP contribution in [0.4, 0.5) is 0 Å². The monoisotopic (exact) mass is 699 g/mol. The van der Waals surface area contributed by atoms with Gasteiger partial charge in [-0.2, -0.15) is 0 Å². The van der Waals surface area contributed by atoms with Crippen molar-refractivity contribution in [1.29, 1.82) is 0 Å². The number of imidazole rings is 2. The molecule has 276 valence electrons. The first-order valence-corrected chi connectivity index (χ1v) is 19.1. The maximum absolute atomic E-state index is 12.7. The lowest BCUT2D eigenvalue weighted by Gasteiger charge is -2.26. The van der Waals surface area contributed by atoms with Gasteiger partial charge in [0.15, 0.2) is 0 Å². The van der Waals surface area contributed by atoms with Crippen molar-refractivity contribution < 1.29 is 24.6 Å². The van der Waals surface area contributed by atoms with Crippen LogP contribution in [0.25, 0.3) is 22.1 Å². The van der Waals surface area contributed by atoms with Gasteiger partial charge in [-0.15, -0.1) is 0 Å². The van der Waals surface area contributed by atoms with Crippen LogP contribution >= 0.6 is 0 Å². The summed E-state index contributed by atoms with van der Waals surface area (Å²) in [7, 11) is 0. The number of carbonyl (C=O) groups is 2. The van der Waals surface area contributed by atoms with Crippen LogP contribution in [0, 0.1) is 11.8 Å². The van der Waals surface area contributed by atoms with E-state index >= 15 is 0 Å². The highest BCUT2D eigenvalue weighted by Gasteiger charge is 2.30. The van der Waals surface area contributed by atoms with Crippen molar-refractivity contribution in [3.8, 4) is 0 Å². The van der Waals surface area contributed by atoms with E-state index in [0.29, 0.717) is 23.0 Å². The third-order valence-corrected chi connectivity index (χ3v) is 10.7. The molecule has 4 aromatic rings. The summed E-state index contributed by atoms with van der Waals surface area (Å²) in [5.41, 5.74) is 4.53. The molecule has 2 aliphatic carbocycles. The van der Waals surface area contributed by atoms with Crippen molar-refractivity contribution >= 4 is 33.9 Å². The lowest BCUT2D eigenvalue weighted by Crippen LogP contribution is -2.28. The molecule has 0 spiro atoms. The van der Waals surface area contributed by atoms with Gasteiger partial charge in [-0.25, -0.2) is 19.8 Å². The fourth-order valence-electron chi connectivity index (χ4n) is 8.05. The molecule has 3 fully saturated rings. The average molecular weight is 700 g/mol. The van der Waals surface area contributed by atoms with Gasteiger partial charge in [0, 0.05) is 29.5 Å². The number of carboxylic acids is 1. The van der Waals surface area contributed by atoms with Crippen molar-refractivity contribution in [3.63, 3.8) is 0 Å². The third-order valence-electron chi connectivity index (χ3n) is 10.7. The van der Waals surface area contributed by atoms with Crippen molar-refractivity contribution in [2.75, 3.05) is 13.2 Å². The van der Waals surface area contributed by atoms with E-state index in [1.54, 1.807) is 12.1 Å². The first kappa shape index (κ1) is 37.0. The van der Waals surface area contributed by atoms with Gasteiger partial charge < -0.3 is 19.3 Å². The smallest absolute Gasteiger partial charge is 0.335 e. The molecule has 10 nitrogen and oxygen atoms in total. The highest BCUT2D eigenvalue weighted by Crippen LogP contribution is 2.33. The Morgan fingerprint density at radius 1 is 0.725 bits per heavy atom. The zero-order valence-electron chi connectivity index (χ0n) is 31.5. The van der Waals surface area contributed by atoms with Crippen molar-refractivity contribution in [1.82, 2.24) is 24.2 Å². The van der Waals surface area contributed by atoms with Gasteiger partial charge in [0.25, 0.3) is 5.91 Å². The van der Waals surface area contributed by atoms with E-state index in [2.05, 4.69) is 50.7 Å². The minimum absolute atomic E-state index is 0.0585. The number of benzene rings is 2. The summed E-state index contributed by atoms with van der Waals surface area (Å²) in [6.45, 7) is 15.5. The SMILES string of the molecule is CC(C)(C)c1nc2cc(C(=O)N3C[C@@H](O)CO3)ccc2n1CC1CCCCC1.CC(C)(C)c1nc2cc(C(=O)O)ccc2n1CC1CCCCC1. The molecule has 0 unspecified atom stereocenters. The van der Waals surface area contributed by atoms with Gasteiger partial charge in [0.05, 0.1) is 34.2 Å². The van der Waals surface area contributed by atoms with Crippen LogP contribution in [0.3, 0.4) is 0 Å². The predicted octanol–water partition coefficient (Wildman–Crippen LogP) is 8.27. The zero-order chi connectivity index (χ0) is 36.5. The Balaban J connectivity index is 0.000000179. The molecule has 2 aromatic heterocycles. The lowest BCUT2D eigenvalue weighted by atomic mass is 9.88. The number of carboxylic acid groups (broad SMARTS) is 1. The first-order valence-electron chi connectivity index (χ1n) is 19.1. The number of β-amino-alcohol motifs (C(OH)–C–C–N with tert-alkyl or cyclic N) is 1. The summed E-state index contributed by atoms with van der Waals surface area (Å²) in [4.78, 5) is 38.9. The van der Waals surface area contributed by atoms with Gasteiger partial charge in [-0.1, -0.05) is 80.1 Å². The molecule has 3 heterocycles. The van der Waals surface area contributed by atoms with Crippen LogP contribution in [0.1, 0.15) is 138 Å². The van der Waals surface area contributed by atoms with Crippen LogP contribution in [-0.2, 0) is 28.8 Å². The van der Waals surface area contributed by atoms with E-state index in [4.69, 9.17) is 14.8 Å². The maximum atomic E-state index is 12.7. The molecule has 1 amide bonds. The van der Waals surface area contributed by atoms with E-state index < -0.39 is 12.1 Å². The summed E-state index contributed by atoms with van der Waals surface area (Å²) in [5, 5.41) is 20.1. The number of hydroxylamine groups is 2. The quantitative estimate of drug-likeness (QED) is 0.208. The Bertz CT molecular complexity index is 1850. The van der Waals surface area contributed by atoms with Gasteiger partial charge >= 0.3 is 5.97 Å². The maximum Gasteiger partial charge on any atom is 0.335 e. The predicted molar refractivity (Wildman–Crippen MR) is 200 cm³/mol. The van der Waals surface area contributed by atoms with Crippen molar-refractivity contribution in [2.45, 2.75) is 136 Å². The normalized spacial score (nSPS) is 19.4. The minimum atomic E-state index is -0.897. The number of aromatic carboxylic acids is 1. The molecule has 1 aliphatic heterocycles. The average Bonchev–Trinajstić information content (AvgIpc) is 3.80. The fraction of sp³-hybridized carbons (Fsp3) is 0.610. The zero-order valence-corrected chi connectivity index (χ0v) is 31.5. The molecule has 2 aromatic carbocycles. The van der Waals surface area contributed by atoms with Gasteiger partial charge in [-0.3, -0.25) is 9.63 Å². The molecule has 7 rings (SSSR count). The standard InChI is InChI=1S/C22H31N3O3.C19H26N2O2/c1-22(2,3)21-23-18-11-16(20(27)25-13-17(26)14-28-25)9-10-19(18)24(21)12-15-7-5-4-6-8-15;1-19(2,3)18-20-15-11-14(17(22)23)9-10-16(15)21(18)12-13-7-5-4-6-8-13/h9-11,15,17,26H,4-8,12-14H2,1-3H3;9-11,13H,4-8,12H2,1-3H3,(H,22,23)/t17-;/m1./s1. The van der Waals surface area contributed by atoms with Crippen LogP contribution in [0.15, 0.2) is 36.4 Å². The van der Waals surface area contributed by atoms with Crippen LogP contribution in [0.5, 0.6) is 0 Å². The highest BCUT2D eigenvalue weighted by atomic mass is 16.7. The van der Waals surface area contributed by atoms with E-state index in [9.17, 15) is 19.8 Å². The third kappa shape index (κ3) is 8.49. The molecular formula is C41H57N5O5. The number of aliphatic hydroxyl groups is 1. The molecular weight excluding hydrogens is 642 g/mol. The number of hydrogen-bond acceptors (Lipinski definition) is 6. The number of aromatic nitrogens is 4. The summed E-state index contributed by atoms with van der Waals surface area (Å²) in [6, 6.07) is 11.0. The Hall–Kier alpha value is -3.76. The molecule has 0 bridgehead atoms. The summed E-state index contributed by atoms with van der Waals surface area (Å²) >= 11 is 0. The molecule has 1 saturated heterocycles. The van der Waals surface area contributed by atoms with Gasteiger partial charge in [0.2, 0.25) is 0 Å². The second-order valence-corrected chi connectivity index (χ2v) is 17.1. The number of hydrogen-bond donors (Lipinski definition) is 2. The van der Waals surface area contributed by atoms with Gasteiger partial charge in [-0.05, 0) is 73.9 Å². The molecule has 3 aliphatic rings. The van der Waals surface area contributed by atoms with Crippen LogP contribution < -0.4 is 0 Å². The van der Waals surface area contributed by atoms with Crippen molar-refractivity contribution in [3.05, 3.63) is 59.2 Å². The lowest BCUT2D eigenvalue weighted by molar-refractivity contribution is -0.0779. The Morgan fingerprint density at radius 2 is 1.18 bits per heavy atom. The van der Waals surface area contributed by atoms with Gasteiger partial charge in [0.1, 0.15) is 24.4 Å². The fourth-order valence-corrected chi connectivity index (χ4v) is 8.05. The first-order chi connectivity index (χ1) is 24.2. The highest BCUT2D eigenvalue weighted by molar-refractivity contribution is 5.97. The minimum Gasteiger partial charge on any atom is -0.478 e. The topological polar surface area (TPSA) is 123 Å². The second kappa shape index (κ2) is 15.1. The number of carbonyl (C=O) groups excluding carboxylic acids is 1. The van der Waals surface area contributed by atoms with E-state index in [0.717, 1.165) is 46.8 Å². The number of aliphatic hydroxyl groups excluding tert-OH is 1. The van der Waals surface area contributed by atoms with Crippen LogP contribution in [-0.4, -0.2) is 65.5 Å². The number of fused-ring (bicyclic) bond motifs is 2. The molecule has 10 heteroatoms. The van der Waals surface area contributed by atoms with Crippen molar-refractivity contribution in [2.24, 2.45) is 11.8 Å².